The highest BCUT2D eigenvalue weighted by Gasteiger charge is 2.22. The highest BCUT2D eigenvalue weighted by atomic mass is 35.5. The quantitative estimate of drug-likeness (QED) is 0.601. The Bertz CT molecular complexity index is 1280. The Kier molecular flexibility index (Phi) is 5.54. The Hall–Kier alpha value is -3.04. The zero-order chi connectivity index (χ0) is 21.5. The van der Waals surface area contributed by atoms with Crippen molar-refractivity contribution in [3.8, 4) is 11.3 Å². The number of aromatic amines is 2. The van der Waals surface area contributed by atoms with Gasteiger partial charge in [-0.25, -0.2) is 14.6 Å². The van der Waals surface area contributed by atoms with E-state index in [4.69, 9.17) is 23.2 Å². The van der Waals surface area contributed by atoms with Crippen molar-refractivity contribution in [2.45, 2.75) is 19.8 Å². The number of carbonyl (C=O) groups excluding carboxylic acids is 1. The normalized spacial score (nSPS) is 11.1. The van der Waals surface area contributed by atoms with Gasteiger partial charge in [0.15, 0.2) is 5.69 Å². The van der Waals surface area contributed by atoms with Gasteiger partial charge in [0.25, 0.3) is 11.1 Å². The van der Waals surface area contributed by atoms with Crippen LogP contribution < -0.4 is 16.8 Å². The molecule has 3 aromatic rings. The molecule has 9 nitrogen and oxygen atoms in total. The van der Waals surface area contributed by atoms with E-state index in [-0.39, 0.29) is 44.0 Å². The maximum atomic E-state index is 12.9. The first kappa shape index (κ1) is 20.7. The number of hydrogen-bond acceptors (Lipinski definition) is 6. The SMILES string of the molecule is CC(C)c1cc(C(=O)c2c(Cl)cc(-c3nn(C)c(=O)[nH]c3=O)cc2Cl)n[nH]c1=O. The summed E-state index contributed by atoms with van der Waals surface area (Å²) in [7, 11) is 1.37. The number of benzene rings is 1. The van der Waals surface area contributed by atoms with E-state index in [1.807, 2.05) is 13.8 Å². The molecule has 2 heterocycles. The molecule has 0 unspecified atom stereocenters. The molecule has 2 aromatic heterocycles. The van der Waals surface area contributed by atoms with Crippen LogP contribution in [-0.2, 0) is 7.05 Å². The number of aromatic nitrogens is 5. The van der Waals surface area contributed by atoms with Crippen LogP contribution in [0.5, 0.6) is 0 Å². The molecule has 0 fully saturated rings. The van der Waals surface area contributed by atoms with Crippen LogP contribution in [0, 0.1) is 0 Å². The molecule has 0 saturated carbocycles. The summed E-state index contributed by atoms with van der Waals surface area (Å²) in [6.45, 7) is 3.62. The number of halogens is 2. The van der Waals surface area contributed by atoms with Crippen LogP contribution in [0.2, 0.25) is 10.0 Å². The molecule has 0 bridgehead atoms. The van der Waals surface area contributed by atoms with E-state index in [0.29, 0.717) is 5.56 Å². The fourth-order valence-electron chi connectivity index (χ4n) is 2.69. The summed E-state index contributed by atoms with van der Waals surface area (Å²) in [6, 6.07) is 4.08. The molecule has 0 saturated heterocycles. The Morgan fingerprint density at radius 2 is 1.69 bits per heavy atom. The largest absolute Gasteiger partial charge is 0.344 e. The summed E-state index contributed by atoms with van der Waals surface area (Å²) < 4.78 is 0.954. The van der Waals surface area contributed by atoms with Gasteiger partial charge in [0, 0.05) is 18.2 Å². The van der Waals surface area contributed by atoms with E-state index in [0.717, 1.165) is 4.68 Å². The third kappa shape index (κ3) is 3.92. The van der Waals surface area contributed by atoms with Gasteiger partial charge in [-0.1, -0.05) is 37.0 Å². The maximum Gasteiger partial charge on any atom is 0.344 e. The van der Waals surface area contributed by atoms with Gasteiger partial charge in [-0.15, -0.1) is 0 Å². The minimum absolute atomic E-state index is 0.0251. The number of nitrogens with zero attached hydrogens (tertiary/aromatic N) is 3. The topological polar surface area (TPSA) is 131 Å². The van der Waals surface area contributed by atoms with E-state index in [2.05, 4.69) is 20.3 Å². The first-order chi connectivity index (χ1) is 13.6. The van der Waals surface area contributed by atoms with Gasteiger partial charge < -0.3 is 0 Å². The smallest absolute Gasteiger partial charge is 0.287 e. The third-order valence-electron chi connectivity index (χ3n) is 4.21. The lowest BCUT2D eigenvalue weighted by Gasteiger charge is -2.10. The lowest BCUT2D eigenvalue weighted by molar-refractivity contribution is 0.103. The molecule has 150 valence electrons. The van der Waals surface area contributed by atoms with Crippen molar-refractivity contribution in [3.05, 3.63) is 76.3 Å². The van der Waals surface area contributed by atoms with E-state index < -0.39 is 17.0 Å². The third-order valence-corrected chi connectivity index (χ3v) is 4.81. The molecule has 3 rings (SSSR count). The average Bonchev–Trinajstić information content (AvgIpc) is 2.64. The molecule has 0 spiro atoms. The number of aryl methyl sites for hydroxylation is 1. The minimum atomic E-state index is -0.719. The van der Waals surface area contributed by atoms with Gasteiger partial charge in [-0.2, -0.15) is 10.2 Å². The van der Waals surface area contributed by atoms with Crippen LogP contribution in [-0.4, -0.2) is 30.7 Å². The number of carbonyl (C=O) groups is 1. The van der Waals surface area contributed by atoms with Crippen molar-refractivity contribution in [1.82, 2.24) is 25.0 Å². The van der Waals surface area contributed by atoms with Crippen molar-refractivity contribution in [3.63, 3.8) is 0 Å². The van der Waals surface area contributed by atoms with Gasteiger partial charge in [0.05, 0.1) is 15.6 Å². The van der Waals surface area contributed by atoms with Crippen LogP contribution in [0.15, 0.2) is 32.6 Å². The zero-order valence-corrected chi connectivity index (χ0v) is 17.1. The predicted molar refractivity (Wildman–Crippen MR) is 108 cm³/mol. The number of nitrogens with one attached hydrogen (secondary N) is 2. The summed E-state index contributed by atoms with van der Waals surface area (Å²) in [6.07, 6.45) is 0. The van der Waals surface area contributed by atoms with E-state index >= 15 is 0 Å². The van der Waals surface area contributed by atoms with Crippen molar-refractivity contribution in [2.75, 3.05) is 0 Å². The van der Waals surface area contributed by atoms with E-state index in [1.165, 1.54) is 25.2 Å². The van der Waals surface area contributed by atoms with Crippen LogP contribution >= 0.6 is 23.2 Å². The molecular weight excluding hydrogens is 421 g/mol. The van der Waals surface area contributed by atoms with Crippen molar-refractivity contribution in [1.29, 1.82) is 0 Å². The minimum Gasteiger partial charge on any atom is -0.287 e. The van der Waals surface area contributed by atoms with Gasteiger partial charge in [0.2, 0.25) is 5.78 Å². The van der Waals surface area contributed by atoms with Crippen LogP contribution in [0.3, 0.4) is 0 Å². The second kappa shape index (κ2) is 7.76. The first-order valence-electron chi connectivity index (χ1n) is 8.41. The summed E-state index contributed by atoms with van der Waals surface area (Å²) in [5.41, 5.74) is -1.30. The molecule has 0 aliphatic rings. The standard InChI is InChI=1S/C18H15Cl2N5O4/c1-7(2)9-6-12(22-23-16(9)27)15(26)13-10(19)4-8(5-11(13)20)14-17(28)21-18(29)25(3)24-14/h4-7H,1-3H3,(H,23,27)(H,21,28,29). The molecule has 1 aromatic carbocycles. The van der Waals surface area contributed by atoms with E-state index in [1.54, 1.807) is 0 Å². The van der Waals surface area contributed by atoms with Crippen LogP contribution in [0.1, 0.15) is 41.4 Å². The van der Waals surface area contributed by atoms with Gasteiger partial charge in [0.1, 0.15) is 5.69 Å². The Balaban J connectivity index is 2.12. The monoisotopic (exact) mass is 435 g/mol. The second-order valence-electron chi connectivity index (χ2n) is 6.57. The molecule has 29 heavy (non-hydrogen) atoms. The molecule has 0 atom stereocenters. The van der Waals surface area contributed by atoms with E-state index in [9.17, 15) is 19.2 Å². The van der Waals surface area contributed by atoms with Crippen molar-refractivity contribution in [2.24, 2.45) is 7.05 Å². The zero-order valence-electron chi connectivity index (χ0n) is 15.5. The number of rotatable bonds is 4. The summed E-state index contributed by atoms with van der Waals surface area (Å²) in [4.78, 5) is 50.4. The highest BCUT2D eigenvalue weighted by Crippen LogP contribution is 2.31. The van der Waals surface area contributed by atoms with Crippen molar-refractivity contribution < 1.29 is 4.79 Å². The first-order valence-corrected chi connectivity index (χ1v) is 9.17. The molecule has 2 N–H and O–H groups in total. The number of H-pyrrole nitrogens is 2. The highest BCUT2D eigenvalue weighted by molar-refractivity contribution is 6.41. The number of ketones is 1. The van der Waals surface area contributed by atoms with Crippen molar-refractivity contribution >= 4 is 29.0 Å². The lowest BCUT2D eigenvalue weighted by Crippen LogP contribution is -2.31. The molecule has 0 aliphatic heterocycles. The Morgan fingerprint density at radius 3 is 2.28 bits per heavy atom. The predicted octanol–water partition coefficient (Wildman–Crippen LogP) is 1.88. The molecule has 11 heteroatoms. The van der Waals surface area contributed by atoms with Gasteiger partial charge >= 0.3 is 5.69 Å². The summed E-state index contributed by atoms with van der Waals surface area (Å²) in [5, 5.41) is 9.91. The molecule has 0 amide bonds. The molecule has 0 aliphatic carbocycles. The fourth-order valence-corrected chi connectivity index (χ4v) is 3.35. The Morgan fingerprint density at radius 1 is 1.07 bits per heavy atom. The molecule has 0 radical (unpaired) electrons. The summed E-state index contributed by atoms with van der Waals surface area (Å²) in [5.74, 6) is -0.712. The second-order valence-corrected chi connectivity index (χ2v) is 7.38. The lowest BCUT2D eigenvalue weighted by atomic mass is 10.0. The average molecular weight is 436 g/mol. The molecular formula is C18H15Cl2N5O4. The van der Waals surface area contributed by atoms with Crippen LogP contribution in [0.4, 0.5) is 0 Å². The van der Waals surface area contributed by atoms with Gasteiger partial charge in [-0.05, 0) is 24.1 Å². The summed E-state index contributed by atoms with van der Waals surface area (Å²) >= 11 is 12.5. The maximum absolute atomic E-state index is 12.9. The Labute approximate surface area is 173 Å². The number of hydrogen-bond donors (Lipinski definition) is 2. The fraction of sp³-hybridized carbons (Fsp3) is 0.222. The van der Waals surface area contributed by atoms with Crippen LogP contribution in [0.25, 0.3) is 11.3 Å². The van der Waals surface area contributed by atoms with Gasteiger partial charge in [-0.3, -0.25) is 19.4 Å².